The van der Waals surface area contributed by atoms with Crippen molar-refractivity contribution in [1.29, 1.82) is 0 Å². The van der Waals surface area contributed by atoms with Crippen LogP contribution in [0, 0.1) is 11.8 Å². The summed E-state index contributed by atoms with van der Waals surface area (Å²) in [5.74, 6) is 1.37. The second-order valence-electron chi connectivity index (χ2n) is 10.2. The van der Waals surface area contributed by atoms with Crippen LogP contribution in [-0.2, 0) is 16.1 Å². The number of carbonyl (C=O) groups is 3. The zero-order valence-electron chi connectivity index (χ0n) is 20.5. The summed E-state index contributed by atoms with van der Waals surface area (Å²) in [6.45, 7) is 6.72. The van der Waals surface area contributed by atoms with Crippen molar-refractivity contribution < 1.29 is 23.9 Å². The lowest BCUT2D eigenvalue weighted by molar-refractivity contribution is -0.143. The number of imide groups is 1. The number of rotatable bonds is 7. The summed E-state index contributed by atoms with van der Waals surface area (Å²) in [5, 5.41) is 3.03. The maximum atomic E-state index is 13.3. The van der Waals surface area contributed by atoms with Gasteiger partial charge in [0, 0.05) is 51.2 Å². The molecule has 3 heterocycles. The number of amides is 4. The first-order valence-electron chi connectivity index (χ1n) is 13.0. The molecule has 9 nitrogen and oxygen atoms in total. The van der Waals surface area contributed by atoms with Gasteiger partial charge in [0.15, 0.2) is 11.5 Å². The average Bonchev–Trinajstić information content (AvgIpc) is 3.34. The van der Waals surface area contributed by atoms with Crippen molar-refractivity contribution >= 4 is 17.8 Å². The predicted molar refractivity (Wildman–Crippen MR) is 129 cm³/mol. The SMILES string of the molecule is CCCCCN1C(=O)NC2CC(C(=O)N3CCN(Cc4ccc5c(c4)OCO5)CC3)CCC2C1=O. The number of benzene rings is 1. The van der Waals surface area contributed by atoms with E-state index < -0.39 is 0 Å². The van der Waals surface area contributed by atoms with E-state index in [2.05, 4.69) is 23.2 Å². The number of piperazine rings is 1. The second kappa shape index (κ2) is 10.4. The minimum absolute atomic E-state index is 0.0575. The Bertz CT molecular complexity index is 961. The first kappa shape index (κ1) is 23.9. The van der Waals surface area contributed by atoms with Crippen LogP contribution in [0.15, 0.2) is 18.2 Å². The molecule has 4 amide bonds. The van der Waals surface area contributed by atoms with Gasteiger partial charge >= 0.3 is 6.03 Å². The van der Waals surface area contributed by atoms with Crippen molar-refractivity contribution in [1.82, 2.24) is 20.0 Å². The molecule has 0 radical (unpaired) electrons. The van der Waals surface area contributed by atoms with E-state index in [-0.39, 0.29) is 42.5 Å². The number of carbonyl (C=O) groups excluding carboxylic acids is 3. The zero-order chi connectivity index (χ0) is 24.4. The minimum Gasteiger partial charge on any atom is -0.454 e. The van der Waals surface area contributed by atoms with Crippen molar-refractivity contribution in [2.24, 2.45) is 11.8 Å². The van der Waals surface area contributed by atoms with Gasteiger partial charge in [0.2, 0.25) is 18.6 Å². The Morgan fingerprint density at radius 3 is 2.66 bits per heavy atom. The van der Waals surface area contributed by atoms with Gasteiger partial charge in [-0.05, 0) is 43.4 Å². The van der Waals surface area contributed by atoms with Gasteiger partial charge in [-0.15, -0.1) is 0 Å². The van der Waals surface area contributed by atoms with Crippen LogP contribution in [0.5, 0.6) is 11.5 Å². The van der Waals surface area contributed by atoms with Crippen LogP contribution in [0.25, 0.3) is 0 Å². The van der Waals surface area contributed by atoms with E-state index in [1.807, 2.05) is 17.0 Å². The molecule has 3 atom stereocenters. The predicted octanol–water partition coefficient (Wildman–Crippen LogP) is 2.59. The molecule has 1 aromatic rings. The van der Waals surface area contributed by atoms with Gasteiger partial charge in [0.05, 0.1) is 5.92 Å². The lowest BCUT2D eigenvalue weighted by Crippen LogP contribution is -2.62. The molecule has 1 aromatic carbocycles. The highest BCUT2D eigenvalue weighted by Gasteiger charge is 2.45. The summed E-state index contributed by atoms with van der Waals surface area (Å²) in [6.07, 6.45) is 4.82. The Kier molecular flexibility index (Phi) is 7.13. The quantitative estimate of drug-likeness (QED) is 0.599. The van der Waals surface area contributed by atoms with E-state index >= 15 is 0 Å². The van der Waals surface area contributed by atoms with Crippen LogP contribution in [0.3, 0.4) is 0 Å². The summed E-state index contributed by atoms with van der Waals surface area (Å²) in [4.78, 5) is 44.5. The maximum absolute atomic E-state index is 13.3. The third-order valence-electron chi connectivity index (χ3n) is 7.85. The number of unbranched alkanes of at least 4 members (excludes halogenated alkanes) is 2. The summed E-state index contributed by atoms with van der Waals surface area (Å²) >= 11 is 0. The molecule has 4 aliphatic rings. The van der Waals surface area contributed by atoms with Gasteiger partial charge in [-0.1, -0.05) is 25.8 Å². The van der Waals surface area contributed by atoms with Gasteiger partial charge in [0.25, 0.3) is 0 Å². The lowest BCUT2D eigenvalue weighted by Gasteiger charge is -2.43. The molecule has 1 N–H and O–H groups in total. The van der Waals surface area contributed by atoms with Gasteiger partial charge in [-0.2, -0.15) is 0 Å². The number of hydrogen-bond acceptors (Lipinski definition) is 6. The number of urea groups is 1. The maximum Gasteiger partial charge on any atom is 0.324 e. The Morgan fingerprint density at radius 1 is 1.06 bits per heavy atom. The number of nitrogens with one attached hydrogen (secondary N) is 1. The number of hydrogen-bond donors (Lipinski definition) is 1. The fourth-order valence-corrected chi connectivity index (χ4v) is 5.80. The van der Waals surface area contributed by atoms with E-state index in [1.165, 1.54) is 10.5 Å². The van der Waals surface area contributed by atoms with Crippen LogP contribution < -0.4 is 14.8 Å². The third-order valence-corrected chi connectivity index (χ3v) is 7.85. The van der Waals surface area contributed by atoms with Crippen LogP contribution in [0.1, 0.15) is 51.0 Å². The molecule has 0 bridgehead atoms. The van der Waals surface area contributed by atoms with Crippen LogP contribution in [-0.4, -0.2) is 78.1 Å². The topological polar surface area (TPSA) is 91.4 Å². The lowest BCUT2D eigenvalue weighted by atomic mass is 9.76. The molecular formula is C26H36N4O5. The van der Waals surface area contributed by atoms with Crippen LogP contribution in [0.4, 0.5) is 4.79 Å². The number of nitrogens with zero attached hydrogens (tertiary/aromatic N) is 3. The first-order chi connectivity index (χ1) is 17.0. The molecule has 0 aromatic heterocycles. The van der Waals surface area contributed by atoms with Gasteiger partial charge in [-0.3, -0.25) is 19.4 Å². The van der Waals surface area contributed by atoms with Crippen molar-refractivity contribution in [2.75, 3.05) is 39.5 Å². The molecule has 1 saturated carbocycles. The van der Waals surface area contributed by atoms with E-state index in [0.717, 1.165) is 50.4 Å². The largest absolute Gasteiger partial charge is 0.454 e. The van der Waals surface area contributed by atoms with Gasteiger partial charge in [-0.25, -0.2) is 4.79 Å². The van der Waals surface area contributed by atoms with Crippen molar-refractivity contribution in [3.05, 3.63) is 23.8 Å². The zero-order valence-corrected chi connectivity index (χ0v) is 20.5. The standard InChI is InChI=1S/C26H36N4O5/c1-2-3-4-9-30-25(32)20-7-6-19(15-21(20)27-26(30)33)24(31)29-12-10-28(11-13-29)16-18-5-8-22-23(14-18)35-17-34-22/h5,8,14,19-21H,2-4,6-7,9-13,15-17H2,1H3,(H,27,33). The molecule has 9 heteroatoms. The molecular weight excluding hydrogens is 448 g/mol. The number of ether oxygens (including phenoxy) is 2. The highest BCUT2D eigenvalue weighted by molar-refractivity contribution is 5.99. The van der Waals surface area contributed by atoms with E-state index in [1.54, 1.807) is 0 Å². The normalized spacial score (nSPS) is 26.5. The van der Waals surface area contributed by atoms with E-state index in [0.29, 0.717) is 38.9 Å². The highest BCUT2D eigenvalue weighted by Crippen LogP contribution is 2.35. The molecule has 3 fully saturated rings. The first-order valence-corrected chi connectivity index (χ1v) is 13.0. The Balaban J connectivity index is 1.11. The molecule has 3 aliphatic heterocycles. The van der Waals surface area contributed by atoms with E-state index in [9.17, 15) is 14.4 Å². The molecule has 190 valence electrons. The van der Waals surface area contributed by atoms with Crippen LogP contribution >= 0.6 is 0 Å². The molecule has 1 aliphatic carbocycles. The Morgan fingerprint density at radius 2 is 1.86 bits per heavy atom. The summed E-state index contributed by atoms with van der Waals surface area (Å²) < 4.78 is 10.9. The Labute approximate surface area is 206 Å². The van der Waals surface area contributed by atoms with Crippen molar-refractivity contribution in [3.63, 3.8) is 0 Å². The summed E-state index contributed by atoms with van der Waals surface area (Å²) in [6, 6.07) is 5.52. The molecule has 2 saturated heterocycles. The monoisotopic (exact) mass is 484 g/mol. The van der Waals surface area contributed by atoms with Crippen molar-refractivity contribution in [3.8, 4) is 11.5 Å². The number of fused-ring (bicyclic) bond motifs is 2. The minimum atomic E-state index is -0.294. The average molecular weight is 485 g/mol. The fourth-order valence-electron chi connectivity index (χ4n) is 5.80. The summed E-state index contributed by atoms with van der Waals surface area (Å²) in [5.41, 5.74) is 1.17. The third kappa shape index (κ3) is 5.10. The van der Waals surface area contributed by atoms with E-state index in [4.69, 9.17) is 9.47 Å². The summed E-state index contributed by atoms with van der Waals surface area (Å²) in [7, 11) is 0. The van der Waals surface area contributed by atoms with Crippen LogP contribution in [0.2, 0.25) is 0 Å². The Hall–Kier alpha value is -2.81. The molecule has 35 heavy (non-hydrogen) atoms. The van der Waals surface area contributed by atoms with Crippen molar-refractivity contribution in [2.45, 2.75) is 58.0 Å². The second-order valence-corrected chi connectivity index (χ2v) is 10.2. The van der Waals surface area contributed by atoms with Gasteiger partial charge in [0.1, 0.15) is 0 Å². The molecule has 0 spiro atoms. The molecule has 3 unspecified atom stereocenters. The fraction of sp³-hybridized carbons (Fsp3) is 0.654. The van der Waals surface area contributed by atoms with Gasteiger partial charge < -0.3 is 19.7 Å². The highest BCUT2D eigenvalue weighted by atomic mass is 16.7. The smallest absolute Gasteiger partial charge is 0.324 e. The molecule has 5 rings (SSSR count).